The van der Waals surface area contributed by atoms with Crippen LogP contribution in [0, 0.1) is 11.8 Å². The monoisotopic (exact) mass is 280 g/mol. The number of hydrogen-bond donors (Lipinski definition) is 0. The van der Waals surface area contributed by atoms with Crippen LogP contribution in [0.5, 0.6) is 0 Å². The van der Waals surface area contributed by atoms with Crippen LogP contribution in [0.25, 0.3) is 0 Å². The van der Waals surface area contributed by atoms with Gasteiger partial charge in [0, 0.05) is 0 Å². The summed E-state index contributed by atoms with van der Waals surface area (Å²) in [5.74, 6) is -0.607. The van der Waals surface area contributed by atoms with Crippen molar-refractivity contribution in [3.8, 4) is 0 Å². The molecule has 0 N–H and O–H groups in total. The highest BCUT2D eigenvalue weighted by atomic mass is 16.5. The van der Waals surface area contributed by atoms with Crippen LogP contribution in [-0.4, -0.2) is 24.1 Å². The molecule has 0 aromatic carbocycles. The van der Waals surface area contributed by atoms with Gasteiger partial charge < -0.3 is 9.47 Å². The standard InChI is InChI=1S/C16H24O4/c1-5-11(3)19-15(17)13-7-9-14(10-8-13)16(18)20-12(4)6-2/h5-6,11-14H,1-2,7-10H2,3-4H3. The summed E-state index contributed by atoms with van der Waals surface area (Å²) >= 11 is 0. The Morgan fingerprint density at radius 2 is 1.20 bits per heavy atom. The summed E-state index contributed by atoms with van der Waals surface area (Å²) in [7, 11) is 0. The van der Waals surface area contributed by atoms with E-state index in [9.17, 15) is 9.59 Å². The highest BCUT2D eigenvalue weighted by molar-refractivity contribution is 5.75. The van der Waals surface area contributed by atoms with Gasteiger partial charge in [-0.1, -0.05) is 25.3 Å². The molecule has 0 amide bonds. The molecule has 0 saturated heterocycles. The number of carbonyl (C=O) groups excluding carboxylic acids is 2. The van der Waals surface area contributed by atoms with E-state index in [0.29, 0.717) is 25.7 Å². The third kappa shape index (κ3) is 4.83. The van der Waals surface area contributed by atoms with E-state index in [1.807, 2.05) is 0 Å². The first-order valence-electron chi connectivity index (χ1n) is 7.14. The molecule has 0 radical (unpaired) electrons. The Morgan fingerprint density at radius 1 is 0.900 bits per heavy atom. The van der Waals surface area contributed by atoms with Crippen LogP contribution in [-0.2, 0) is 19.1 Å². The van der Waals surface area contributed by atoms with Gasteiger partial charge in [-0.15, -0.1) is 0 Å². The van der Waals surface area contributed by atoms with Crippen molar-refractivity contribution < 1.29 is 19.1 Å². The Bertz CT molecular complexity index is 331. The zero-order chi connectivity index (χ0) is 15.1. The van der Waals surface area contributed by atoms with Crippen molar-refractivity contribution >= 4 is 11.9 Å². The summed E-state index contributed by atoms with van der Waals surface area (Å²) < 4.78 is 10.5. The molecule has 0 heterocycles. The fourth-order valence-electron chi connectivity index (χ4n) is 2.22. The summed E-state index contributed by atoms with van der Waals surface area (Å²) in [6.07, 6.45) is 5.35. The summed E-state index contributed by atoms with van der Waals surface area (Å²) in [5.41, 5.74) is 0. The first-order chi connectivity index (χ1) is 9.47. The van der Waals surface area contributed by atoms with Gasteiger partial charge in [0.15, 0.2) is 0 Å². The molecule has 4 heteroatoms. The van der Waals surface area contributed by atoms with E-state index in [1.54, 1.807) is 26.0 Å². The Labute approximate surface area is 120 Å². The molecule has 1 rings (SSSR count). The number of rotatable bonds is 6. The van der Waals surface area contributed by atoms with Gasteiger partial charge in [-0.25, -0.2) is 0 Å². The SMILES string of the molecule is C=CC(C)OC(=O)C1CCC(C(=O)OC(C)C=C)CC1. The Morgan fingerprint density at radius 3 is 1.45 bits per heavy atom. The third-order valence-electron chi connectivity index (χ3n) is 3.66. The largest absolute Gasteiger partial charge is 0.458 e. The summed E-state index contributed by atoms with van der Waals surface area (Å²) in [6, 6.07) is 0. The molecule has 1 aliphatic carbocycles. The summed E-state index contributed by atoms with van der Waals surface area (Å²) in [6.45, 7) is 10.7. The van der Waals surface area contributed by atoms with Gasteiger partial charge in [0.25, 0.3) is 0 Å². The van der Waals surface area contributed by atoms with Crippen LogP contribution in [0.1, 0.15) is 39.5 Å². The van der Waals surface area contributed by atoms with Gasteiger partial charge in [0.05, 0.1) is 11.8 Å². The van der Waals surface area contributed by atoms with Crippen LogP contribution in [0.15, 0.2) is 25.3 Å². The lowest BCUT2D eigenvalue weighted by molar-refractivity contribution is -0.157. The maximum Gasteiger partial charge on any atom is 0.309 e. The lowest BCUT2D eigenvalue weighted by atomic mass is 9.82. The summed E-state index contributed by atoms with van der Waals surface area (Å²) in [5, 5.41) is 0. The number of esters is 2. The van der Waals surface area contributed by atoms with Gasteiger partial charge in [-0.3, -0.25) is 9.59 Å². The topological polar surface area (TPSA) is 52.6 Å². The van der Waals surface area contributed by atoms with E-state index >= 15 is 0 Å². The Kier molecular flexibility index (Phi) is 6.49. The molecule has 0 spiro atoms. The number of ether oxygens (including phenoxy) is 2. The molecular formula is C16H24O4. The van der Waals surface area contributed by atoms with Crippen molar-refractivity contribution in [2.45, 2.75) is 51.7 Å². The van der Waals surface area contributed by atoms with Crippen molar-refractivity contribution in [3.05, 3.63) is 25.3 Å². The number of hydrogen-bond acceptors (Lipinski definition) is 4. The van der Waals surface area contributed by atoms with Gasteiger partial charge >= 0.3 is 11.9 Å². The van der Waals surface area contributed by atoms with Crippen LogP contribution < -0.4 is 0 Å². The van der Waals surface area contributed by atoms with E-state index in [1.165, 1.54) is 0 Å². The quantitative estimate of drug-likeness (QED) is 0.554. The van der Waals surface area contributed by atoms with Crippen molar-refractivity contribution in [1.29, 1.82) is 0 Å². The van der Waals surface area contributed by atoms with Gasteiger partial charge in [0.1, 0.15) is 12.2 Å². The van der Waals surface area contributed by atoms with E-state index in [2.05, 4.69) is 13.2 Å². The van der Waals surface area contributed by atoms with E-state index in [0.717, 1.165) is 0 Å². The fraction of sp³-hybridized carbons (Fsp3) is 0.625. The second-order valence-corrected chi connectivity index (χ2v) is 5.30. The second kappa shape index (κ2) is 7.88. The molecule has 0 bridgehead atoms. The highest BCUT2D eigenvalue weighted by Gasteiger charge is 2.32. The first kappa shape index (κ1) is 16.5. The van der Waals surface area contributed by atoms with E-state index in [4.69, 9.17) is 9.47 Å². The predicted octanol–water partition coefficient (Wildman–Crippen LogP) is 3.03. The molecule has 1 aliphatic rings. The Balaban J connectivity index is 2.39. The average molecular weight is 280 g/mol. The molecule has 0 aromatic heterocycles. The van der Waals surface area contributed by atoms with Crippen LogP contribution in [0.3, 0.4) is 0 Å². The zero-order valence-electron chi connectivity index (χ0n) is 12.3. The molecule has 4 nitrogen and oxygen atoms in total. The molecule has 112 valence electrons. The smallest absolute Gasteiger partial charge is 0.309 e. The van der Waals surface area contributed by atoms with Crippen molar-refractivity contribution in [2.75, 3.05) is 0 Å². The van der Waals surface area contributed by atoms with Crippen molar-refractivity contribution in [3.63, 3.8) is 0 Å². The molecule has 20 heavy (non-hydrogen) atoms. The second-order valence-electron chi connectivity index (χ2n) is 5.30. The highest BCUT2D eigenvalue weighted by Crippen LogP contribution is 2.31. The van der Waals surface area contributed by atoms with Crippen LogP contribution in [0.4, 0.5) is 0 Å². The van der Waals surface area contributed by atoms with Gasteiger partial charge in [-0.2, -0.15) is 0 Å². The first-order valence-corrected chi connectivity index (χ1v) is 7.14. The summed E-state index contributed by atoms with van der Waals surface area (Å²) in [4.78, 5) is 23.7. The zero-order valence-corrected chi connectivity index (χ0v) is 12.3. The fourth-order valence-corrected chi connectivity index (χ4v) is 2.22. The van der Waals surface area contributed by atoms with Crippen LogP contribution >= 0.6 is 0 Å². The van der Waals surface area contributed by atoms with Gasteiger partial charge in [0.2, 0.25) is 0 Å². The molecule has 1 saturated carbocycles. The minimum atomic E-state index is -0.265. The molecular weight excluding hydrogens is 256 g/mol. The lowest BCUT2D eigenvalue weighted by Crippen LogP contribution is -2.30. The predicted molar refractivity (Wildman–Crippen MR) is 77.0 cm³/mol. The van der Waals surface area contributed by atoms with Gasteiger partial charge in [-0.05, 0) is 39.5 Å². The van der Waals surface area contributed by atoms with Crippen molar-refractivity contribution in [1.82, 2.24) is 0 Å². The minimum Gasteiger partial charge on any atom is -0.458 e. The third-order valence-corrected chi connectivity index (χ3v) is 3.66. The van der Waals surface area contributed by atoms with E-state index in [-0.39, 0.29) is 36.0 Å². The van der Waals surface area contributed by atoms with Crippen molar-refractivity contribution in [2.24, 2.45) is 11.8 Å². The Hall–Kier alpha value is -1.58. The minimum absolute atomic E-state index is 0.113. The van der Waals surface area contributed by atoms with E-state index < -0.39 is 0 Å². The molecule has 1 fully saturated rings. The maximum absolute atomic E-state index is 11.9. The van der Waals surface area contributed by atoms with Crippen LogP contribution in [0.2, 0.25) is 0 Å². The normalized spacial score (nSPS) is 25.1. The molecule has 0 aromatic rings. The average Bonchev–Trinajstić information content (AvgIpc) is 2.46. The molecule has 2 atom stereocenters. The molecule has 2 unspecified atom stereocenters. The number of carbonyl (C=O) groups is 2. The molecule has 0 aliphatic heterocycles. The maximum atomic E-state index is 11.9. The lowest BCUT2D eigenvalue weighted by Gasteiger charge is -2.27.